The maximum Gasteiger partial charge on any atom is 0.462 e. The number of aromatic nitrogens is 2. The average Bonchev–Trinajstić information content (AvgIpc) is 2.39. The smallest absolute Gasteiger partial charge is 0.403 e. The molecular formula is C11H16BClN2O2. The molecule has 6 heteroatoms. The molecule has 0 saturated carbocycles. The molecule has 2 rings (SSSR count). The van der Waals surface area contributed by atoms with Crippen LogP contribution in [0, 0.1) is 0 Å². The second-order valence-corrected chi connectivity index (χ2v) is 5.59. The molecule has 0 aliphatic carbocycles. The standard InChI is InChI=1S/C11H16BClN2O2/c1-10(2)11(3,4)17-12(16-10)5-8-6-14-9(13)15-7-8/h6-7H,5H2,1-4H3. The number of halogens is 1. The molecule has 17 heavy (non-hydrogen) atoms. The molecule has 0 atom stereocenters. The van der Waals surface area contributed by atoms with Crippen LogP contribution >= 0.6 is 11.6 Å². The van der Waals surface area contributed by atoms with Gasteiger partial charge in [-0.15, -0.1) is 0 Å². The summed E-state index contributed by atoms with van der Waals surface area (Å²) in [5.74, 6) is 0. The van der Waals surface area contributed by atoms with Gasteiger partial charge in [0.15, 0.2) is 0 Å². The lowest BCUT2D eigenvalue weighted by Crippen LogP contribution is -2.41. The molecule has 0 bridgehead atoms. The fourth-order valence-electron chi connectivity index (χ4n) is 1.69. The molecule has 4 nitrogen and oxygen atoms in total. The van der Waals surface area contributed by atoms with E-state index in [1.165, 1.54) is 0 Å². The van der Waals surface area contributed by atoms with Gasteiger partial charge in [-0.1, -0.05) is 0 Å². The van der Waals surface area contributed by atoms with E-state index < -0.39 is 0 Å². The minimum atomic E-state index is -0.301. The fourth-order valence-corrected chi connectivity index (χ4v) is 1.78. The Labute approximate surface area is 107 Å². The molecule has 0 spiro atoms. The van der Waals surface area contributed by atoms with Crippen LogP contribution < -0.4 is 0 Å². The Morgan fingerprint density at radius 2 is 1.59 bits per heavy atom. The van der Waals surface area contributed by atoms with Crippen LogP contribution in [-0.2, 0) is 15.6 Å². The Hall–Kier alpha value is -0.645. The second kappa shape index (κ2) is 4.23. The second-order valence-electron chi connectivity index (χ2n) is 5.25. The van der Waals surface area contributed by atoms with Gasteiger partial charge in [0.25, 0.3) is 0 Å². The average molecular weight is 255 g/mol. The number of nitrogens with zero attached hydrogens (tertiary/aromatic N) is 2. The number of rotatable bonds is 2. The van der Waals surface area contributed by atoms with E-state index in [9.17, 15) is 0 Å². The first kappa shape index (κ1) is 12.8. The molecule has 0 amide bonds. The molecule has 2 heterocycles. The van der Waals surface area contributed by atoms with Crippen molar-refractivity contribution in [2.45, 2.75) is 45.2 Å². The maximum absolute atomic E-state index is 5.89. The van der Waals surface area contributed by atoms with Crippen molar-refractivity contribution >= 4 is 18.7 Å². The molecule has 0 radical (unpaired) electrons. The molecule has 92 valence electrons. The van der Waals surface area contributed by atoms with Crippen molar-refractivity contribution in [1.29, 1.82) is 0 Å². The van der Waals surface area contributed by atoms with Gasteiger partial charge in [-0.3, -0.25) is 0 Å². The lowest BCUT2D eigenvalue weighted by atomic mass is 9.82. The van der Waals surface area contributed by atoms with E-state index in [-0.39, 0.29) is 23.6 Å². The SMILES string of the molecule is CC1(C)OB(Cc2cnc(Cl)nc2)OC1(C)C. The van der Waals surface area contributed by atoms with Crippen molar-refractivity contribution in [2.24, 2.45) is 0 Å². The van der Waals surface area contributed by atoms with E-state index in [4.69, 9.17) is 20.9 Å². The van der Waals surface area contributed by atoms with Crippen molar-refractivity contribution in [3.63, 3.8) is 0 Å². The quantitative estimate of drug-likeness (QED) is 0.600. The zero-order valence-electron chi connectivity index (χ0n) is 10.5. The van der Waals surface area contributed by atoms with Gasteiger partial charge >= 0.3 is 7.12 Å². The third-order valence-electron chi connectivity index (χ3n) is 3.38. The van der Waals surface area contributed by atoms with Gasteiger partial charge in [-0.05, 0) is 44.9 Å². The maximum atomic E-state index is 5.89. The highest BCUT2D eigenvalue weighted by Crippen LogP contribution is 2.37. The number of hydrogen-bond donors (Lipinski definition) is 0. The molecule has 0 N–H and O–H groups in total. The third-order valence-corrected chi connectivity index (χ3v) is 3.57. The van der Waals surface area contributed by atoms with Crippen molar-refractivity contribution < 1.29 is 9.31 Å². The van der Waals surface area contributed by atoms with Crippen molar-refractivity contribution in [3.05, 3.63) is 23.2 Å². The van der Waals surface area contributed by atoms with Crippen LogP contribution in [0.25, 0.3) is 0 Å². The molecule has 1 fully saturated rings. The first-order chi connectivity index (χ1) is 7.80. The predicted octanol–water partition coefficient (Wildman–Crippen LogP) is 2.30. The van der Waals surface area contributed by atoms with Gasteiger partial charge in [-0.2, -0.15) is 0 Å². The zero-order valence-corrected chi connectivity index (χ0v) is 11.3. The van der Waals surface area contributed by atoms with Crippen LogP contribution in [0.3, 0.4) is 0 Å². The Bertz CT molecular complexity index is 392. The van der Waals surface area contributed by atoms with Gasteiger partial charge in [0.1, 0.15) is 0 Å². The summed E-state index contributed by atoms with van der Waals surface area (Å²) in [4.78, 5) is 7.87. The summed E-state index contributed by atoms with van der Waals surface area (Å²) in [5, 5.41) is 0.252. The summed E-state index contributed by atoms with van der Waals surface area (Å²) in [7, 11) is -0.259. The Morgan fingerprint density at radius 3 is 2.06 bits per heavy atom. The summed E-state index contributed by atoms with van der Waals surface area (Å²) in [6.45, 7) is 8.13. The summed E-state index contributed by atoms with van der Waals surface area (Å²) in [6, 6.07) is 0. The lowest BCUT2D eigenvalue weighted by Gasteiger charge is -2.32. The highest BCUT2D eigenvalue weighted by atomic mass is 35.5. The molecule has 1 aliphatic rings. The third kappa shape index (κ3) is 2.62. The molecule has 1 saturated heterocycles. The fraction of sp³-hybridized carbons (Fsp3) is 0.636. The van der Waals surface area contributed by atoms with E-state index >= 15 is 0 Å². The predicted molar refractivity (Wildman–Crippen MR) is 66.8 cm³/mol. The van der Waals surface area contributed by atoms with Crippen LogP contribution in [0.4, 0.5) is 0 Å². The molecule has 0 unspecified atom stereocenters. The van der Waals surface area contributed by atoms with E-state index in [0.717, 1.165) is 5.56 Å². The van der Waals surface area contributed by atoms with Crippen molar-refractivity contribution in [1.82, 2.24) is 9.97 Å². The highest BCUT2D eigenvalue weighted by Gasteiger charge is 2.50. The van der Waals surface area contributed by atoms with E-state index in [0.29, 0.717) is 6.32 Å². The first-order valence-electron chi connectivity index (χ1n) is 5.62. The van der Waals surface area contributed by atoms with Crippen molar-refractivity contribution in [3.8, 4) is 0 Å². The minimum Gasteiger partial charge on any atom is -0.403 e. The normalized spacial score (nSPS) is 21.8. The van der Waals surface area contributed by atoms with Crippen LogP contribution in [0.1, 0.15) is 33.3 Å². The van der Waals surface area contributed by atoms with Crippen LogP contribution in [-0.4, -0.2) is 28.3 Å². The molecular weight excluding hydrogens is 238 g/mol. The van der Waals surface area contributed by atoms with Gasteiger partial charge in [0, 0.05) is 18.7 Å². The lowest BCUT2D eigenvalue weighted by molar-refractivity contribution is 0.00578. The monoisotopic (exact) mass is 254 g/mol. The molecule has 1 aliphatic heterocycles. The highest BCUT2D eigenvalue weighted by molar-refractivity contribution is 6.45. The summed E-state index contributed by atoms with van der Waals surface area (Å²) in [5.41, 5.74) is 0.350. The largest absolute Gasteiger partial charge is 0.462 e. The van der Waals surface area contributed by atoms with Crippen LogP contribution in [0.2, 0.25) is 5.28 Å². The van der Waals surface area contributed by atoms with E-state index in [2.05, 4.69) is 9.97 Å². The summed E-state index contributed by atoms with van der Waals surface area (Å²) in [6.07, 6.45) is 4.02. The Morgan fingerprint density at radius 1 is 1.12 bits per heavy atom. The number of hydrogen-bond acceptors (Lipinski definition) is 4. The van der Waals surface area contributed by atoms with Crippen LogP contribution in [0.5, 0.6) is 0 Å². The van der Waals surface area contributed by atoms with E-state index in [1.807, 2.05) is 27.7 Å². The summed E-state index contributed by atoms with van der Waals surface area (Å²) >= 11 is 5.63. The Balaban J connectivity index is 2.05. The van der Waals surface area contributed by atoms with Gasteiger partial charge < -0.3 is 9.31 Å². The minimum absolute atomic E-state index is 0.252. The van der Waals surface area contributed by atoms with Gasteiger partial charge in [-0.25, -0.2) is 9.97 Å². The van der Waals surface area contributed by atoms with E-state index in [1.54, 1.807) is 12.4 Å². The zero-order chi connectivity index (χ0) is 12.7. The topological polar surface area (TPSA) is 44.2 Å². The first-order valence-corrected chi connectivity index (χ1v) is 6.00. The van der Waals surface area contributed by atoms with Gasteiger partial charge in [0.05, 0.1) is 11.2 Å². The van der Waals surface area contributed by atoms with Crippen LogP contribution in [0.15, 0.2) is 12.4 Å². The summed E-state index contributed by atoms with van der Waals surface area (Å²) < 4.78 is 11.8. The molecule has 0 aromatic carbocycles. The van der Waals surface area contributed by atoms with Crippen molar-refractivity contribution in [2.75, 3.05) is 0 Å². The molecule has 1 aromatic heterocycles. The Kier molecular flexibility index (Phi) is 3.18. The van der Waals surface area contributed by atoms with Gasteiger partial charge in [0.2, 0.25) is 5.28 Å². The molecule has 1 aromatic rings.